The molecule has 2 aromatic rings. The summed E-state index contributed by atoms with van der Waals surface area (Å²) < 4.78 is 6.53. The Balaban J connectivity index is 2.23. The Morgan fingerprint density at radius 2 is 1.95 bits per heavy atom. The quantitative estimate of drug-likeness (QED) is 0.663. The lowest BCUT2D eigenvalue weighted by Gasteiger charge is -2.22. The van der Waals surface area contributed by atoms with E-state index in [0.717, 1.165) is 21.6 Å². The molecule has 2 aromatic carbocycles. The molecule has 3 nitrogen and oxygen atoms in total. The fourth-order valence-electron chi connectivity index (χ4n) is 2.01. The van der Waals surface area contributed by atoms with Crippen LogP contribution in [0.15, 0.2) is 42.5 Å². The average molecular weight is 368 g/mol. The van der Waals surface area contributed by atoms with Gasteiger partial charge in [0.2, 0.25) is 0 Å². The van der Waals surface area contributed by atoms with Crippen molar-refractivity contribution in [2.45, 2.75) is 6.54 Å². The van der Waals surface area contributed by atoms with Gasteiger partial charge in [-0.05, 0) is 46.9 Å². The highest BCUT2D eigenvalue weighted by Gasteiger charge is 2.09. The van der Waals surface area contributed by atoms with E-state index in [1.807, 2.05) is 36.4 Å². The summed E-state index contributed by atoms with van der Waals surface area (Å²) in [6, 6.07) is 14.0. The lowest BCUT2D eigenvalue weighted by Crippen LogP contribution is -2.18. The number of hydrogen-bond acceptors (Lipinski definition) is 3. The van der Waals surface area contributed by atoms with E-state index in [0.29, 0.717) is 0 Å². The lowest BCUT2D eigenvalue weighted by atomic mass is 10.1. The number of methoxy groups -OCH3 is 1. The van der Waals surface area contributed by atoms with Crippen LogP contribution in [0.5, 0.6) is 5.75 Å². The van der Waals surface area contributed by atoms with Gasteiger partial charge in [0, 0.05) is 28.4 Å². The molecule has 0 radical (unpaired) electrons. The number of hydrogen-bond donors (Lipinski definition) is 1. The fourth-order valence-corrected chi connectivity index (χ4v) is 2.96. The van der Waals surface area contributed by atoms with E-state index in [9.17, 15) is 0 Å². The van der Waals surface area contributed by atoms with Crippen molar-refractivity contribution >= 4 is 34.0 Å². The van der Waals surface area contributed by atoms with Crippen LogP contribution in [0.25, 0.3) is 0 Å². The molecule has 2 rings (SSSR count). The summed E-state index contributed by atoms with van der Waals surface area (Å²) in [5.41, 5.74) is 8.91. The van der Waals surface area contributed by atoms with Gasteiger partial charge in [-0.1, -0.05) is 18.2 Å². The van der Waals surface area contributed by atoms with E-state index in [1.54, 1.807) is 7.11 Å². The molecular formula is C15H17IN2O. The lowest BCUT2D eigenvalue weighted by molar-refractivity contribution is 0.409. The normalized spacial score (nSPS) is 10.3. The van der Waals surface area contributed by atoms with Gasteiger partial charge in [-0.2, -0.15) is 0 Å². The van der Waals surface area contributed by atoms with Crippen LogP contribution in [-0.4, -0.2) is 14.2 Å². The molecule has 4 heteroatoms. The maximum absolute atomic E-state index is 5.78. The van der Waals surface area contributed by atoms with Gasteiger partial charge in [0.25, 0.3) is 0 Å². The topological polar surface area (TPSA) is 38.5 Å². The Bertz CT molecular complexity index is 572. The monoisotopic (exact) mass is 368 g/mol. The van der Waals surface area contributed by atoms with Crippen LogP contribution in [0.4, 0.5) is 11.4 Å². The van der Waals surface area contributed by atoms with Crippen LogP contribution in [0.1, 0.15) is 5.56 Å². The summed E-state index contributed by atoms with van der Waals surface area (Å²) in [5, 5.41) is 0. The van der Waals surface area contributed by atoms with Crippen molar-refractivity contribution in [1.82, 2.24) is 0 Å². The molecule has 0 aliphatic heterocycles. The number of para-hydroxylation sites is 1. The van der Waals surface area contributed by atoms with Gasteiger partial charge in [0.05, 0.1) is 12.8 Å². The third-order valence-electron chi connectivity index (χ3n) is 2.98. The molecule has 0 aliphatic carbocycles. The predicted octanol–water partition coefficient (Wildman–Crippen LogP) is 3.52. The summed E-state index contributed by atoms with van der Waals surface area (Å²) in [7, 11) is 3.77. The highest BCUT2D eigenvalue weighted by Crippen LogP contribution is 2.27. The summed E-state index contributed by atoms with van der Waals surface area (Å²) in [4.78, 5) is 2.19. The maximum Gasteiger partial charge on any atom is 0.123 e. The summed E-state index contributed by atoms with van der Waals surface area (Å²) in [6.45, 7) is 0.796. The van der Waals surface area contributed by atoms with Crippen molar-refractivity contribution in [2.24, 2.45) is 0 Å². The third-order valence-corrected chi connectivity index (χ3v) is 3.85. The van der Waals surface area contributed by atoms with Gasteiger partial charge in [-0.15, -0.1) is 0 Å². The van der Waals surface area contributed by atoms with Gasteiger partial charge >= 0.3 is 0 Å². The second kappa shape index (κ2) is 6.14. The summed E-state index contributed by atoms with van der Waals surface area (Å²) in [6.07, 6.45) is 0. The fraction of sp³-hybridized carbons (Fsp3) is 0.200. The van der Waals surface area contributed by atoms with Crippen LogP contribution in [0, 0.1) is 3.57 Å². The van der Waals surface area contributed by atoms with E-state index < -0.39 is 0 Å². The second-order valence-electron chi connectivity index (χ2n) is 4.38. The van der Waals surface area contributed by atoms with Gasteiger partial charge in [-0.25, -0.2) is 0 Å². The number of ether oxygens (including phenoxy) is 1. The first-order valence-electron chi connectivity index (χ1n) is 6.00. The van der Waals surface area contributed by atoms with Crippen molar-refractivity contribution in [1.29, 1.82) is 0 Å². The van der Waals surface area contributed by atoms with E-state index in [1.165, 1.54) is 11.3 Å². The molecule has 0 amide bonds. The van der Waals surface area contributed by atoms with Gasteiger partial charge in [0.15, 0.2) is 0 Å². The number of nitrogens with zero attached hydrogens (tertiary/aromatic N) is 1. The minimum absolute atomic E-state index is 0.791. The van der Waals surface area contributed by atoms with E-state index in [2.05, 4.69) is 40.6 Å². The zero-order chi connectivity index (χ0) is 13.8. The van der Waals surface area contributed by atoms with Crippen LogP contribution in [0.2, 0.25) is 0 Å². The Kier molecular flexibility index (Phi) is 4.52. The molecule has 0 aromatic heterocycles. The zero-order valence-electron chi connectivity index (χ0n) is 11.1. The summed E-state index contributed by atoms with van der Waals surface area (Å²) in [5.74, 6) is 0.916. The number of nitrogens with two attached hydrogens (primary N) is 1. The SMILES string of the molecule is COc1ccccc1CN(C)c1ccc(N)cc1I. The molecule has 0 saturated heterocycles. The average Bonchev–Trinajstić information content (AvgIpc) is 2.39. The first-order valence-corrected chi connectivity index (χ1v) is 7.07. The van der Waals surface area contributed by atoms with Crippen LogP contribution in [0.3, 0.4) is 0 Å². The van der Waals surface area contributed by atoms with Crippen LogP contribution < -0.4 is 15.4 Å². The highest BCUT2D eigenvalue weighted by molar-refractivity contribution is 14.1. The van der Waals surface area contributed by atoms with Crippen LogP contribution in [-0.2, 0) is 6.54 Å². The van der Waals surface area contributed by atoms with E-state index in [-0.39, 0.29) is 0 Å². The molecule has 0 heterocycles. The standard InChI is InChI=1S/C15H17IN2O/c1-18(14-8-7-12(17)9-13(14)16)10-11-5-3-4-6-15(11)19-2/h3-9H,10,17H2,1-2H3. The van der Waals surface area contributed by atoms with E-state index in [4.69, 9.17) is 10.5 Å². The van der Waals surface area contributed by atoms with Gasteiger partial charge in [0.1, 0.15) is 5.75 Å². The van der Waals surface area contributed by atoms with Crippen molar-refractivity contribution < 1.29 is 4.74 Å². The molecule has 0 atom stereocenters. The Hall–Kier alpha value is -1.43. The minimum atomic E-state index is 0.791. The maximum atomic E-state index is 5.78. The minimum Gasteiger partial charge on any atom is -0.496 e. The number of anilines is 2. The first-order chi connectivity index (χ1) is 9.11. The molecule has 19 heavy (non-hydrogen) atoms. The largest absolute Gasteiger partial charge is 0.496 e. The Morgan fingerprint density at radius 3 is 2.63 bits per heavy atom. The first kappa shape index (κ1) is 14.0. The molecule has 0 spiro atoms. The third kappa shape index (κ3) is 3.32. The van der Waals surface area contributed by atoms with Crippen molar-refractivity contribution in [2.75, 3.05) is 24.8 Å². The number of halogens is 1. The van der Waals surface area contributed by atoms with Crippen molar-refractivity contribution in [3.63, 3.8) is 0 Å². The zero-order valence-corrected chi connectivity index (χ0v) is 13.2. The summed E-state index contributed by atoms with van der Waals surface area (Å²) >= 11 is 2.31. The van der Waals surface area contributed by atoms with Crippen molar-refractivity contribution in [3.05, 3.63) is 51.6 Å². The molecule has 2 N–H and O–H groups in total. The Labute approximate surface area is 127 Å². The van der Waals surface area contributed by atoms with E-state index >= 15 is 0 Å². The number of rotatable bonds is 4. The highest BCUT2D eigenvalue weighted by atomic mass is 127. The Morgan fingerprint density at radius 1 is 1.21 bits per heavy atom. The van der Waals surface area contributed by atoms with Crippen molar-refractivity contribution in [3.8, 4) is 5.75 Å². The number of nitrogen functional groups attached to an aromatic ring is 1. The molecule has 100 valence electrons. The molecule has 0 saturated carbocycles. The molecular weight excluding hydrogens is 351 g/mol. The molecule has 0 bridgehead atoms. The molecule has 0 aliphatic rings. The predicted molar refractivity (Wildman–Crippen MR) is 88.7 cm³/mol. The molecule has 0 unspecified atom stereocenters. The second-order valence-corrected chi connectivity index (χ2v) is 5.54. The smallest absolute Gasteiger partial charge is 0.123 e. The van der Waals surface area contributed by atoms with Crippen LogP contribution >= 0.6 is 22.6 Å². The number of benzene rings is 2. The van der Waals surface area contributed by atoms with Gasteiger partial charge < -0.3 is 15.4 Å². The molecule has 0 fully saturated rings. The van der Waals surface area contributed by atoms with Gasteiger partial charge in [-0.3, -0.25) is 0 Å².